The fourth-order valence-electron chi connectivity index (χ4n) is 3.40. The first-order chi connectivity index (χ1) is 16.5. The number of carbonyl (C=O) groups excluding carboxylic acids is 2. The summed E-state index contributed by atoms with van der Waals surface area (Å²) in [7, 11) is 1.61. The maximum atomic E-state index is 13.4. The molecule has 0 bridgehead atoms. The molecular weight excluding hydrogens is 451 g/mol. The monoisotopic (exact) mass is 480 g/mol. The molecule has 0 saturated carbocycles. The zero-order chi connectivity index (χ0) is 24.2. The average molecular weight is 481 g/mol. The summed E-state index contributed by atoms with van der Waals surface area (Å²) in [6.45, 7) is 1.61. The smallest absolute Gasteiger partial charge is 0.247 e. The van der Waals surface area contributed by atoms with Gasteiger partial charge < -0.3 is 14.5 Å². The lowest BCUT2D eigenvalue weighted by molar-refractivity contribution is -0.139. The van der Waals surface area contributed by atoms with Crippen molar-refractivity contribution >= 4 is 29.2 Å². The van der Waals surface area contributed by atoms with E-state index in [4.69, 9.17) is 4.74 Å². The number of rotatable bonds is 12. The van der Waals surface area contributed by atoms with E-state index in [-0.39, 0.29) is 24.2 Å². The number of nitrogens with zero attached hydrogens (tertiary/aromatic N) is 2. The van der Waals surface area contributed by atoms with Crippen LogP contribution in [-0.2, 0) is 27.4 Å². The second-order valence-corrected chi connectivity index (χ2v) is 8.84. The van der Waals surface area contributed by atoms with Crippen LogP contribution in [0.3, 0.4) is 0 Å². The maximum Gasteiger partial charge on any atom is 0.247 e. The van der Waals surface area contributed by atoms with Gasteiger partial charge in [0.1, 0.15) is 12.4 Å². The van der Waals surface area contributed by atoms with Crippen molar-refractivity contribution in [3.05, 3.63) is 100 Å². The highest BCUT2D eigenvalue weighted by molar-refractivity contribution is 7.09. The summed E-state index contributed by atoms with van der Waals surface area (Å²) in [6.07, 6.45) is 3.87. The van der Waals surface area contributed by atoms with Crippen LogP contribution in [0.25, 0.3) is 6.08 Å². The third kappa shape index (κ3) is 8.24. The molecule has 0 aliphatic carbocycles. The Morgan fingerprint density at radius 3 is 2.41 bits per heavy atom. The topological polar surface area (TPSA) is 49.9 Å². The van der Waals surface area contributed by atoms with Gasteiger partial charge in [-0.2, -0.15) is 0 Å². The van der Waals surface area contributed by atoms with Gasteiger partial charge in [0.25, 0.3) is 0 Å². The molecule has 0 saturated heterocycles. The first kappa shape index (κ1) is 25.3. The third-order valence-corrected chi connectivity index (χ3v) is 6.06. The van der Waals surface area contributed by atoms with Crippen LogP contribution < -0.4 is 0 Å². The summed E-state index contributed by atoms with van der Waals surface area (Å²) < 4.78 is 18.5. The molecule has 1 aromatic heterocycles. The Balaban J connectivity index is 1.74. The number of methoxy groups -OCH3 is 1. The Bertz CT molecular complexity index is 1050. The van der Waals surface area contributed by atoms with Crippen LogP contribution in [-0.4, -0.2) is 48.4 Å². The molecule has 178 valence electrons. The van der Waals surface area contributed by atoms with Gasteiger partial charge in [-0.15, -0.1) is 11.3 Å². The molecule has 5 nitrogen and oxygen atoms in total. The lowest BCUT2D eigenvalue weighted by Crippen LogP contribution is -2.42. The lowest BCUT2D eigenvalue weighted by Gasteiger charge is -2.27. The van der Waals surface area contributed by atoms with Gasteiger partial charge in [-0.25, -0.2) is 4.39 Å². The minimum atomic E-state index is -0.319. The van der Waals surface area contributed by atoms with Crippen molar-refractivity contribution in [2.24, 2.45) is 0 Å². The van der Waals surface area contributed by atoms with Crippen LogP contribution in [0.15, 0.2) is 78.2 Å². The van der Waals surface area contributed by atoms with E-state index in [0.29, 0.717) is 32.7 Å². The van der Waals surface area contributed by atoms with Crippen LogP contribution in [0, 0.1) is 5.82 Å². The Morgan fingerprint density at radius 1 is 0.971 bits per heavy atom. The van der Waals surface area contributed by atoms with E-state index < -0.39 is 0 Å². The molecule has 7 heteroatoms. The van der Waals surface area contributed by atoms with Crippen molar-refractivity contribution in [1.82, 2.24) is 9.80 Å². The van der Waals surface area contributed by atoms with Crippen molar-refractivity contribution < 1.29 is 18.7 Å². The largest absolute Gasteiger partial charge is 0.385 e. The third-order valence-electron chi connectivity index (χ3n) is 5.20. The average Bonchev–Trinajstić information content (AvgIpc) is 3.37. The molecule has 3 rings (SSSR count). The molecule has 3 aromatic rings. The highest BCUT2D eigenvalue weighted by Gasteiger charge is 2.21. The Labute approximate surface area is 204 Å². The Hall–Kier alpha value is -3.29. The summed E-state index contributed by atoms with van der Waals surface area (Å²) >= 11 is 1.57. The van der Waals surface area contributed by atoms with E-state index in [1.54, 1.807) is 46.5 Å². The van der Waals surface area contributed by atoms with E-state index in [9.17, 15) is 14.0 Å². The second kappa shape index (κ2) is 13.4. The van der Waals surface area contributed by atoms with Gasteiger partial charge in [0.05, 0.1) is 6.54 Å². The lowest BCUT2D eigenvalue weighted by atomic mass is 10.2. The number of amides is 2. The van der Waals surface area contributed by atoms with Gasteiger partial charge >= 0.3 is 0 Å². The predicted octanol–water partition coefficient (Wildman–Crippen LogP) is 4.99. The number of halogens is 1. The van der Waals surface area contributed by atoms with Gasteiger partial charge in [-0.05, 0) is 47.2 Å². The molecule has 2 aromatic carbocycles. The molecule has 0 aliphatic heterocycles. The van der Waals surface area contributed by atoms with Crippen molar-refractivity contribution in [1.29, 1.82) is 0 Å². The molecule has 1 heterocycles. The van der Waals surface area contributed by atoms with E-state index in [1.807, 2.05) is 47.8 Å². The van der Waals surface area contributed by atoms with Crippen molar-refractivity contribution in [2.45, 2.75) is 19.5 Å². The molecule has 2 amide bonds. The molecule has 0 spiro atoms. The standard InChI is InChI=1S/C27H29FN2O3S/c1-33-17-6-16-29(26(31)15-12-22-7-3-2-4-8-22)21-27(32)30(20-25-9-5-18-34-25)19-23-10-13-24(28)14-11-23/h2-5,7-15,18H,6,16-17,19-21H2,1H3. The minimum absolute atomic E-state index is 0.0474. The summed E-state index contributed by atoms with van der Waals surface area (Å²) in [4.78, 5) is 30.6. The van der Waals surface area contributed by atoms with E-state index in [0.717, 1.165) is 16.0 Å². The predicted molar refractivity (Wildman–Crippen MR) is 134 cm³/mol. The van der Waals surface area contributed by atoms with Crippen LogP contribution in [0.1, 0.15) is 22.4 Å². The maximum absolute atomic E-state index is 13.4. The van der Waals surface area contributed by atoms with Crippen molar-refractivity contribution in [2.75, 3.05) is 26.8 Å². The van der Waals surface area contributed by atoms with Gasteiger partial charge in [0.2, 0.25) is 11.8 Å². The number of hydrogen-bond donors (Lipinski definition) is 0. The van der Waals surface area contributed by atoms with Crippen LogP contribution in [0.5, 0.6) is 0 Å². The van der Waals surface area contributed by atoms with Gasteiger partial charge in [-0.1, -0.05) is 48.5 Å². The summed E-state index contributed by atoms with van der Waals surface area (Å²) in [5.74, 6) is -0.720. The molecular formula is C27H29FN2O3S. The van der Waals surface area contributed by atoms with Gasteiger partial charge in [-0.3, -0.25) is 9.59 Å². The zero-order valence-electron chi connectivity index (χ0n) is 19.2. The minimum Gasteiger partial charge on any atom is -0.385 e. The fraction of sp³-hybridized carbons (Fsp3) is 0.259. The highest BCUT2D eigenvalue weighted by atomic mass is 32.1. The van der Waals surface area contributed by atoms with Crippen LogP contribution in [0.4, 0.5) is 4.39 Å². The number of thiophene rings is 1. The Kier molecular flexibility index (Phi) is 10.0. The quantitative estimate of drug-likeness (QED) is 0.271. The first-order valence-corrected chi connectivity index (χ1v) is 12.0. The van der Waals surface area contributed by atoms with Crippen molar-refractivity contribution in [3.8, 4) is 0 Å². The summed E-state index contributed by atoms with van der Waals surface area (Å²) in [5, 5.41) is 1.96. The first-order valence-electron chi connectivity index (χ1n) is 11.1. The van der Waals surface area contributed by atoms with Crippen LogP contribution >= 0.6 is 11.3 Å². The van der Waals surface area contributed by atoms with E-state index in [1.165, 1.54) is 18.2 Å². The zero-order valence-corrected chi connectivity index (χ0v) is 20.0. The van der Waals surface area contributed by atoms with Crippen LogP contribution in [0.2, 0.25) is 0 Å². The number of benzene rings is 2. The summed E-state index contributed by atoms with van der Waals surface area (Å²) in [6, 6.07) is 19.6. The normalized spacial score (nSPS) is 11.0. The molecule has 0 fully saturated rings. The van der Waals surface area contributed by atoms with Gasteiger partial charge in [0, 0.05) is 37.8 Å². The molecule has 0 N–H and O–H groups in total. The number of hydrogen-bond acceptors (Lipinski definition) is 4. The molecule has 0 radical (unpaired) electrons. The molecule has 0 atom stereocenters. The number of ether oxygens (including phenoxy) is 1. The number of carbonyl (C=O) groups is 2. The second-order valence-electron chi connectivity index (χ2n) is 7.81. The van der Waals surface area contributed by atoms with E-state index >= 15 is 0 Å². The SMILES string of the molecule is COCCCN(CC(=O)N(Cc1ccc(F)cc1)Cc1cccs1)C(=O)C=Cc1ccccc1. The van der Waals surface area contributed by atoms with Gasteiger partial charge in [0.15, 0.2) is 0 Å². The Morgan fingerprint density at radius 2 is 1.74 bits per heavy atom. The molecule has 34 heavy (non-hydrogen) atoms. The summed E-state index contributed by atoms with van der Waals surface area (Å²) in [5.41, 5.74) is 1.74. The van der Waals surface area contributed by atoms with E-state index in [2.05, 4.69) is 0 Å². The van der Waals surface area contributed by atoms with Crippen molar-refractivity contribution in [3.63, 3.8) is 0 Å². The molecule has 0 aliphatic rings. The highest BCUT2D eigenvalue weighted by Crippen LogP contribution is 2.16. The molecule has 0 unspecified atom stereocenters. The fourth-order valence-corrected chi connectivity index (χ4v) is 4.12.